The molecule has 26 heavy (non-hydrogen) atoms. The lowest BCUT2D eigenvalue weighted by atomic mass is 9.89. The maximum Gasteiger partial charge on any atom is 0.416 e. The first-order chi connectivity index (χ1) is 12.5. The summed E-state index contributed by atoms with van der Waals surface area (Å²) in [6.45, 7) is 1.50. The zero-order valence-electron chi connectivity index (χ0n) is 14.1. The van der Waals surface area contributed by atoms with Crippen molar-refractivity contribution < 1.29 is 13.2 Å². The zero-order chi connectivity index (χ0) is 18.3. The van der Waals surface area contributed by atoms with Crippen LogP contribution in [0.3, 0.4) is 0 Å². The summed E-state index contributed by atoms with van der Waals surface area (Å²) >= 11 is 0. The summed E-state index contributed by atoms with van der Waals surface area (Å²) in [4.78, 5) is 4.40. The molecule has 0 N–H and O–H groups in total. The van der Waals surface area contributed by atoms with Gasteiger partial charge in [0.2, 0.25) is 0 Å². The molecule has 2 unspecified atom stereocenters. The van der Waals surface area contributed by atoms with E-state index in [-0.39, 0.29) is 12.0 Å². The third kappa shape index (κ3) is 2.88. The fraction of sp³-hybridized carbons (Fsp3) is 0.350. The molecule has 3 nitrogen and oxygen atoms in total. The largest absolute Gasteiger partial charge is 0.416 e. The average molecular weight is 357 g/mol. The van der Waals surface area contributed by atoms with Crippen LogP contribution in [-0.2, 0) is 6.18 Å². The van der Waals surface area contributed by atoms with Gasteiger partial charge in [-0.2, -0.15) is 18.4 Å². The number of alkyl halides is 3. The Morgan fingerprint density at radius 3 is 2.35 bits per heavy atom. The number of anilines is 3. The Balaban J connectivity index is 1.71. The first-order valence-electron chi connectivity index (χ1n) is 8.67. The van der Waals surface area contributed by atoms with Gasteiger partial charge >= 0.3 is 6.18 Å². The fourth-order valence-electron chi connectivity index (χ4n) is 3.98. The van der Waals surface area contributed by atoms with Crippen LogP contribution >= 0.6 is 0 Å². The van der Waals surface area contributed by atoms with Crippen LogP contribution in [0.4, 0.5) is 30.2 Å². The van der Waals surface area contributed by atoms with Crippen molar-refractivity contribution in [3.05, 3.63) is 54.1 Å². The highest BCUT2D eigenvalue weighted by molar-refractivity contribution is 5.80. The topological polar surface area (TPSA) is 30.3 Å². The number of para-hydroxylation sites is 2. The lowest BCUT2D eigenvalue weighted by molar-refractivity contribution is -0.137. The second-order valence-electron chi connectivity index (χ2n) is 6.84. The highest BCUT2D eigenvalue weighted by atomic mass is 19.4. The van der Waals surface area contributed by atoms with Crippen molar-refractivity contribution in [2.75, 3.05) is 22.9 Å². The van der Waals surface area contributed by atoms with E-state index >= 15 is 0 Å². The normalized spacial score (nSPS) is 22.4. The Morgan fingerprint density at radius 1 is 1.00 bits per heavy atom. The summed E-state index contributed by atoms with van der Waals surface area (Å²) in [7, 11) is 0. The molecule has 0 aromatic heterocycles. The number of fused-ring (bicyclic) bond motifs is 3. The molecular weight excluding hydrogens is 339 g/mol. The molecule has 134 valence electrons. The van der Waals surface area contributed by atoms with Crippen LogP contribution in [0, 0.1) is 17.2 Å². The first kappa shape index (κ1) is 16.8. The fourth-order valence-corrected chi connectivity index (χ4v) is 3.98. The van der Waals surface area contributed by atoms with Crippen LogP contribution in [0.1, 0.15) is 18.4 Å². The number of hydrogen-bond donors (Lipinski definition) is 0. The van der Waals surface area contributed by atoms with Crippen molar-refractivity contribution in [3.8, 4) is 6.07 Å². The van der Waals surface area contributed by atoms with Crippen LogP contribution in [-0.4, -0.2) is 19.1 Å². The number of nitrogens with zero attached hydrogens (tertiary/aromatic N) is 3. The quantitative estimate of drug-likeness (QED) is 0.722. The highest BCUT2D eigenvalue weighted by Gasteiger charge is 2.36. The molecule has 0 radical (unpaired) electrons. The summed E-state index contributed by atoms with van der Waals surface area (Å²) in [6, 6.07) is 15.8. The zero-order valence-corrected chi connectivity index (χ0v) is 14.1. The lowest BCUT2D eigenvalue weighted by Crippen LogP contribution is -2.51. The molecule has 4 rings (SSSR count). The van der Waals surface area contributed by atoms with Gasteiger partial charge in [-0.05, 0) is 49.2 Å². The van der Waals surface area contributed by atoms with Crippen molar-refractivity contribution in [1.82, 2.24) is 0 Å². The third-order valence-corrected chi connectivity index (χ3v) is 5.28. The van der Waals surface area contributed by atoms with E-state index in [2.05, 4.69) is 15.9 Å². The van der Waals surface area contributed by atoms with Crippen molar-refractivity contribution in [2.45, 2.75) is 25.1 Å². The number of piperidine rings is 1. The Hall–Kier alpha value is -2.68. The molecule has 2 aromatic carbocycles. The summed E-state index contributed by atoms with van der Waals surface area (Å²) in [5.74, 6) is 0.0379. The summed E-state index contributed by atoms with van der Waals surface area (Å²) < 4.78 is 38.6. The molecule has 1 saturated heterocycles. The van der Waals surface area contributed by atoms with E-state index < -0.39 is 11.7 Å². The third-order valence-electron chi connectivity index (χ3n) is 5.28. The number of benzene rings is 2. The lowest BCUT2D eigenvalue weighted by Gasteiger charge is -2.48. The first-order valence-corrected chi connectivity index (χ1v) is 8.67. The highest BCUT2D eigenvalue weighted by Crippen LogP contribution is 2.43. The second-order valence-corrected chi connectivity index (χ2v) is 6.84. The Morgan fingerprint density at radius 2 is 1.69 bits per heavy atom. The number of hydrogen-bond acceptors (Lipinski definition) is 3. The number of nitriles is 1. The van der Waals surface area contributed by atoms with Gasteiger partial charge in [-0.3, -0.25) is 0 Å². The molecule has 0 spiro atoms. The smallest absolute Gasteiger partial charge is 0.365 e. The van der Waals surface area contributed by atoms with Crippen LogP contribution < -0.4 is 9.80 Å². The van der Waals surface area contributed by atoms with E-state index in [1.807, 2.05) is 24.3 Å². The van der Waals surface area contributed by atoms with E-state index in [1.165, 1.54) is 12.1 Å². The minimum absolute atomic E-state index is 0.0379. The monoisotopic (exact) mass is 357 g/mol. The van der Waals surface area contributed by atoms with Gasteiger partial charge in [0.1, 0.15) is 0 Å². The van der Waals surface area contributed by atoms with Gasteiger partial charge < -0.3 is 9.80 Å². The van der Waals surface area contributed by atoms with Gasteiger partial charge in [0.25, 0.3) is 0 Å². The standard InChI is InChI=1S/C20H18F3N3/c21-20(22,23)15-5-7-16(8-6-15)26-13-17-11-14(12-24)9-10-25(17)18-3-1-2-4-19(18)26/h1-8,14,17H,9-11,13H2. The maximum atomic E-state index is 12.9. The molecule has 1 fully saturated rings. The second kappa shape index (κ2) is 6.24. The van der Waals surface area contributed by atoms with Gasteiger partial charge in [0, 0.05) is 24.8 Å². The van der Waals surface area contributed by atoms with E-state index in [1.54, 1.807) is 0 Å². The SMILES string of the molecule is N#CC1CCN2c3ccccc3N(c3ccc(C(F)(F)F)cc3)CC2C1. The van der Waals surface area contributed by atoms with E-state index in [0.29, 0.717) is 6.54 Å². The molecule has 2 aliphatic heterocycles. The van der Waals surface area contributed by atoms with Gasteiger partial charge in [0.15, 0.2) is 0 Å². The molecule has 0 bridgehead atoms. The minimum Gasteiger partial charge on any atom is -0.365 e. The Kier molecular flexibility index (Phi) is 4.03. The van der Waals surface area contributed by atoms with Gasteiger partial charge in [-0.25, -0.2) is 0 Å². The van der Waals surface area contributed by atoms with Crippen LogP contribution in [0.25, 0.3) is 0 Å². The Labute approximate surface area is 150 Å². The molecule has 2 atom stereocenters. The molecule has 2 heterocycles. The number of halogens is 3. The average Bonchev–Trinajstić information content (AvgIpc) is 2.66. The van der Waals surface area contributed by atoms with Gasteiger partial charge in [-0.15, -0.1) is 0 Å². The summed E-state index contributed by atoms with van der Waals surface area (Å²) in [5.41, 5.74) is 2.18. The predicted octanol–water partition coefficient (Wildman–Crippen LogP) is 4.97. The van der Waals surface area contributed by atoms with Crippen molar-refractivity contribution in [1.29, 1.82) is 5.26 Å². The van der Waals surface area contributed by atoms with Crippen molar-refractivity contribution in [3.63, 3.8) is 0 Å². The van der Waals surface area contributed by atoms with Crippen LogP contribution in [0.5, 0.6) is 0 Å². The molecule has 0 aliphatic carbocycles. The summed E-state index contributed by atoms with van der Waals surface area (Å²) in [6.07, 6.45) is -2.71. The Bertz CT molecular complexity index is 839. The molecule has 0 amide bonds. The summed E-state index contributed by atoms with van der Waals surface area (Å²) in [5, 5.41) is 9.28. The van der Waals surface area contributed by atoms with Crippen LogP contribution in [0.2, 0.25) is 0 Å². The van der Waals surface area contributed by atoms with Crippen LogP contribution in [0.15, 0.2) is 48.5 Å². The molecule has 6 heteroatoms. The molecule has 2 aromatic rings. The molecule has 2 aliphatic rings. The van der Waals surface area contributed by atoms with Crippen molar-refractivity contribution >= 4 is 17.1 Å². The van der Waals surface area contributed by atoms with E-state index in [9.17, 15) is 18.4 Å². The molecular formula is C20H18F3N3. The maximum absolute atomic E-state index is 12.9. The van der Waals surface area contributed by atoms with E-state index in [4.69, 9.17) is 0 Å². The predicted molar refractivity (Wildman–Crippen MR) is 94.4 cm³/mol. The molecule has 0 saturated carbocycles. The van der Waals surface area contributed by atoms with Gasteiger partial charge in [-0.1, -0.05) is 12.1 Å². The number of rotatable bonds is 1. The minimum atomic E-state index is -4.33. The van der Waals surface area contributed by atoms with Crippen molar-refractivity contribution in [2.24, 2.45) is 5.92 Å². The van der Waals surface area contributed by atoms with Gasteiger partial charge in [0.05, 0.1) is 28.9 Å². The van der Waals surface area contributed by atoms with E-state index in [0.717, 1.165) is 48.6 Å².